The molecule has 2 aromatic carbocycles. The van der Waals surface area contributed by atoms with Crippen molar-refractivity contribution in [3.63, 3.8) is 0 Å². The Balaban J connectivity index is 1.99. The van der Waals surface area contributed by atoms with Crippen LogP contribution in [-0.2, 0) is 4.79 Å². The molecule has 3 nitrogen and oxygen atoms in total. The first kappa shape index (κ1) is 15.4. The molecule has 0 radical (unpaired) electrons. The van der Waals surface area contributed by atoms with Gasteiger partial charge in [-0.05, 0) is 44.0 Å². The average molecular weight is 300 g/mol. The molecule has 0 heterocycles. The Kier molecular flexibility index (Phi) is 4.91. The number of amides is 1. The van der Waals surface area contributed by atoms with Gasteiger partial charge in [0.2, 0.25) is 5.91 Å². The van der Waals surface area contributed by atoms with Crippen LogP contribution in [0.25, 0.3) is 0 Å². The van der Waals surface area contributed by atoms with E-state index in [1.54, 1.807) is 17.8 Å². The molecule has 110 valence electrons. The third-order valence-electron chi connectivity index (χ3n) is 3.26. The molecule has 2 aromatic rings. The van der Waals surface area contributed by atoms with Gasteiger partial charge in [0.25, 0.3) is 0 Å². The molecule has 0 spiro atoms. The van der Waals surface area contributed by atoms with E-state index in [1.165, 1.54) is 11.1 Å². The molecule has 1 amide bonds. The predicted octanol–water partition coefficient (Wildman–Crippen LogP) is 3.92. The van der Waals surface area contributed by atoms with Gasteiger partial charge in [0.1, 0.15) is 0 Å². The molecule has 0 aliphatic carbocycles. The van der Waals surface area contributed by atoms with E-state index in [9.17, 15) is 4.79 Å². The van der Waals surface area contributed by atoms with Crippen LogP contribution in [0, 0.1) is 20.8 Å². The lowest BCUT2D eigenvalue weighted by molar-refractivity contribution is -0.113. The van der Waals surface area contributed by atoms with Crippen LogP contribution in [0.5, 0.6) is 0 Å². The first-order valence-electron chi connectivity index (χ1n) is 6.82. The van der Waals surface area contributed by atoms with Crippen LogP contribution in [0.2, 0.25) is 0 Å². The smallest absolute Gasteiger partial charge is 0.234 e. The van der Waals surface area contributed by atoms with Gasteiger partial charge < -0.3 is 11.1 Å². The summed E-state index contributed by atoms with van der Waals surface area (Å²) in [5.41, 5.74) is 10.6. The van der Waals surface area contributed by atoms with E-state index in [0.29, 0.717) is 17.1 Å². The maximum absolute atomic E-state index is 12.1. The Labute approximate surface area is 129 Å². The molecule has 0 saturated heterocycles. The van der Waals surface area contributed by atoms with Gasteiger partial charge in [0, 0.05) is 4.90 Å². The number of carbonyl (C=O) groups excluding carboxylic acids is 1. The highest BCUT2D eigenvalue weighted by atomic mass is 32.2. The highest BCUT2D eigenvalue weighted by molar-refractivity contribution is 8.00. The molecular formula is C17H20N2OS. The van der Waals surface area contributed by atoms with E-state index in [-0.39, 0.29) is 5.91 Å². The summed E-state index contributed by atoms with van der Waals surface area (Å²) in [5, 5.41) is 2.89. The lowest BCUT2D eigenvalue weighted by Gasteiger charge is -2.11. The number of anilines is 2. The van der Waals surface area contributed by atoms with Gasteiger partial charge in [0.15, 0.2) is 0 Å². The lowest BCUT2D eigenvalue weighted by atomic mass is 10.1. The maximum Gasteiger partial charge on any atom is 0.234 e. The molecule has 0 aliphatic heterocycles. The van der Waals surface area contributed by atoms with Gasteiger partial charge in [0.05, 0.1) is 17.1 Å². The molecule has 0 aromatic heterocycles. The van der Waals surface area contributed by atoms with Crippen molar-refractivity contribution in [1.82, 2.24) is 0 Å². The molecular weight excluding hydrogens is 280 g/mol. The molecule has 0 fully saturated rings. The zero-order valence-corrected chi connectivity index (χ0v) is 13.4. The summed E-state index contributed by atoms with van der Waals surface area (Å²) in [5.74, 6) is 0.332. The monoisotopic (exact) mass is 300 g/mol. The highest BCUT2D eigenvalue weighted by Gasteiger charge is 2.09. The van der Waals surface area contributed by atoms with Gasteiger partial charge in [-0.2, -0.15) is 0 Å². The fourth-order valence-electron chi connectivity index (χ4n) is 2.14. The van der Waals surface area contributed by atoms with Crippen molar-refractivity contribution in [1.29, 1.82) is 0 Å². The number of nitrogens with two attached hydrogens (primary N) is 1. The van der Waals surface area contributed by atoms with Gasteiger partial charge in [-0.25, -0.2) is 0 Å². The Morgan fingerprint density at radius 2 is 1.90 bits per heavy atom. The Bertz CT molecular complexity index is 648. The Morgan fingerprint density at radius 3 is 2.57 bits per heavy atom. The second-order valence-corrected chi connectivity index (χ2v) is 6.16. The number of hydrogen-bond donors (Lipinski definition) is 2. The third-order valence-corrected chi connectivity index (χ3v) is 4.43. The second-order valence-electron chi connectivity index (χ2n) is 5.14. The maximum atomic E-state index is 12.1. The first-order chi connectivity index (χ1) is 9.97. The van der Waals surface area contributed by atoms with Crippen molar-refractivity contribution < 1.29 is 4.79 Å². The SMILES string of the molecule is Cc1ccc(SCC(=O)Nc2c(C)cccc2N)c(C)c1. The topological polar surface area (TPSA) is 55.1 Å². The second kappa shape index (κ2) is 6.68. The van der Waals surface area contributed by atoms with Gasteiger partial charge in [-0.1, -0.05) is 29.8 Å². The van der Waals surface area contributed by atoms with Crippen LogP contribution in [0.4, 0.5) is 11.4 Å². The van der Waals surface area contributed by atoms with E-state index in [2.05, 4.69) is 37.4 Å². The van der Waals surface area contributed by atoms with Gasteiger partial charge in [-0.15, -0.1) is 11.8 Å². The van der Waals surface area contributed by atoms with Crippen LogP contribution in [0.15, 0.2) is 41.3 Å². The summed E-state index contributed by atoms with van der Waals surface area (Å²) in [6.45, 7) is 6.06. The summed E-state index contributed by atoms with van der Waals surface area (Å²) in [6.07, 6.45) is 0. The molecule has 2 rings (SSSR count). The van der Waals surface area contributed by atoms with E-state index in [1.807, 2.05) is 19.1 Å². The molecule has 0 aliphatic rings. The summed E-state index contributed by atoms with van der Waals surface area (Å²) in [7, 11) is 0. The van der Waals surface area contributed by atoms with E-state index >= 15 is 0 Å². The first-order valence-corrected chi connectivity index (χ1v) is 7.81. The minimum absolute atomic E-state index is 0.0408. The molecule has 4 heteroatoms. The standard InChI is InChI=1S/C17H20N2OS/c1-11-7-8-15(13(3)9-11)21-10-16(20)19-17-12(2)5-4-6-14(17)18/h4-9H,10,18H2,1-3H3,(H,19,20). The number of carbonyl (C=O) groups is 1. The van der Waals surface area contributed by atoms with Crippen molar-refractivity contribution in [3.05, 3.63) is 53.1 Å². The average Bonchev–Trinajstić information content (AvgIpc) is 2.42. The summed E-state index contributed by atoms with van der Waals surface area (Å²) in [4.78, 5) is 13.2. The Morgan fingerprint density at radius 1 is 1.14 bits per heavy atom. The molecule has 0 bridgehead atoms. The summed E-state index contributed by atoms with van der Waals surface area (Å²) in [6, 6.07) is 11.9. The van der Waals surface area contributed by atoms with Crippen molar-refractivity contribution in [3.8, 4) is 0 Å². The van der Waals surface area contributed by atoms with E-state index in [4.69, 9.17) is 5.73 Å². The van der Waals surface area contributed by atoms with Gasteiger partial charge >= 0.3 is 0 Å². The fourth-order valence-corrected chi connectivity index (χ4v) is 2.95. The van der Waals surface area contributed by atoms with Crippen LogP contribution >= 0.6 is 11.8 Å². The summed E-state index contributed by atoms with van der Waals surface area (Å²) < 4.78 is 0. The normalized spacial score (nSPS) is 10.4. The summed E-state index contributed by atoms with van der Waals surface area (Å²) >= 11 is 1.54. The predicted molar refractivity (Wildman–Crippen MR) is 90.9 cm³/mol. The number of nitrogens with one attached hydrogen (secondary N) is 1. The van der Waals surface area contributed by atoms with E-state index in [0.717, 1.165) is 10.5 Å². The zero-order chi connectivity index (χ0) is 15.4. The highest BCUT2D eigenvalue weighted by Crippen LogP contribution is 2.25. The quantitative estimate of drug-likeness (QED) is 0.664. The number of nitrogen functional groups attached to an aromatic ring is 1. The zero-order valence-electron chi connectivity index (χ0n) is 12.6. The van der Waals surface area contributed by atoms with Crippen LogP contribution in [-0.4, -0.2) is 11.7 Å². The molecule has 0 saturated carbocycles. The molecule has 21 heavy (non-hydrogen) atoms. The fraction of sp³-hybridized carbons (Fsp3) is 0.235. The number of rotatable bonds is 4. The van der Waals surface area contributed by atoms with Crippen molar-refractivity contribution in [2.45, 2.75) is 25.7 Å². The Hall–Kier alpha value is -1.94. The largest absolute Gasteiger partial charge is 0.397 e. The number of hydrogen-bond acceptors (Lipinski definition) is 3. The molecule has 3 N–H and O–H groups in total. The van der Waals surface area contributed by atoms with Crippen molar-refractivity contribution in [2.24, 2.45) is 0 Å². The number of thioether (sulfide) groups is 1. The number of benzene rings is 2. The molecule has 0 atom stereocenters. The van der Waals surface area contributed by atoms with E-state index < -0.39 is 0 Å². The molecule has 0 unspecified atom stereocenters. The minimum Gasteiger partial charge on any atom is -0.397 e. The van der Waals surface area contributed by atoms with Crippen molar-refractivity contribution >= 4 is 29.0 Å². The number of para-hydroxylation sites is 1. The van der Waals surface area contributed by atoms with Crippen LogP contribution in [0.1, 0.15) is 16.7 Å². The number of aryl methyl sites for hydroxylation is 3. The van der Waals surface area contributed by atoms with Crippen LogP contribution in [0.3, 0.4) is 0 Å². The minimum atomic E-state index is -0.0408. The lowest BCUT2D eigenvalue weighted by Crippen LogP contribution is -2.16. The van der Waals surface area contributed by atoms with Crippen molar-refractivity contribution in [2.75, 3.05) is 16.8 Å². The van der Waals surface area contributed by atoms with Gasteiger partial charge in [-0.3, -0.25) is 4.79 Å². The van der Waals surface area contributed by atoms with Crippen LogP contribution < -0.4 is 11.1 Å². The third kappa shape index (κ3) is 4.02.